The number of phenols is 1. The first kappa shape index (κ1) is 20.0. The first-order valence-corrected chi connectivity index (χ1v) is 10.5. The van der Waals surface area contributed by atoms with Crippen LogP contribution in [0.25, 0.3) is 33.2 Å². The molecule has 1 fully saturated rings. The van der Waals surface area contributed by atoms with Crippen LogP contribution in [-0.4, -0.2) is 50.0 Å². The zero-order valence-corrected chi connectivity index (χ0v) is 18.2. The molecule has 0 spiro atoms. The fourth-order valence-electron chi connectivity index (χ4n) is 4.34. The topological polar surface area (TPSA) is 79.1 Å². The fourth-order valence-corrected chi connectivity index (χ4v) is 4.58. The Kier molecular flexibility index (Phi) is 4.71. The SMILES string of the molecule is C[C@@H]1CN(c2cnc3nc(-c4cc5cn(C)nc5c(F)c4O)cc(Cl)c3c2)C[C@H](C)N1. The van der Waals surface area contributed by atoms with E-state index in [1.165, 1.54) is 4.68 Å². The minimum Gasteiger partial charge on any atom is -0.504 e. The van der Waals surface area contributed by atoms with E-state index in [2.05, 4.69) is 39.1 Å². The van der Waals surface area contributed by atoms with Gasteiger partial charge in [0, 0.05) is 54.8 Å². The number of pyridine rings is 2. The number of rotatable bonds is 2. The van der Waals surface area contributed by atoms with Crippen LogP contribution in [0, 0.1) is 5.82 Å². The van der Waals surface area contributed by atoms with E-state index >= 15 is 0 Å². The van der Waals surface area contributed by atoms with Gasteiger partial charge in [-0.15, -0.1) is 0 Å². The monoisotopic (exact) mass is 440 g/mol. The van der Waals surface area contributed by atoms with Gasteiger partial charge in [-0.25, -0.2) is 14.4 Å². The van der Waals surface area contributed by atoms with E-state index in [9.17, 15) is 9.50 Å². The predicted octanol–water partition coefficient (Wildman–Crippen LogP) is 3.87. The quantitative estimate of drug-likeness (QED) is 0.492. The highest BCUT2D eigenvalue weighted by molar-refractivity contribution is 6.35. The summed E-state index contributed by atoms with van der Waals surface area (Å²) in [5, 5.41) is 19.7. The number of aryl methyl sites for hydroxylation is 1. The van der Waals surface area contributed by atoms with Gasteiger partial charge in [-0.3, -0.25) is 4.68 Å². The molecule has 0 radical (unpaired) electrons. The Labute approximate surface area is 183 Å². The number of nitrogens with one attached hydrogen (secondary N) is 1. The van der Waals surface area contributed by atoms with Crippen molar-refractivity contribution in [3.8, 4) is 17.0 Å². The van der Waals surface area contributed by atoms with Crippen LogP contribution in [0.2, 0.25) is 5.02 Å². The molecule has 160 valence electrons. The summed E-state index contributed by atoms with van der Waals surface area (Å²) in [6.07, 6.45) is 3.47. The van der Waals surface area contributed by atoms with Crippen molar-refractivity contribution in [3.05, 3.63) is 41.4 Å². The third-order valence-electron chi connectivity index (χ3n) is 5.63. The maximum absolute atomic E-state index is 14.7. The van der Waals surface area contributed by atoms with Gasteiger partial charge < -0.3 is 15.3 Å². The molecule has 1 saturated heterocycles. The second-order valence-corrected chi connectivity index (χ2v) is 8.66. The average molecular weight is 441 g/mol. The lowest BCUT2D eigenvalue weighted by molar-refractivity contribution is 0.407. The average Bonchev–Trinajstić information content (AvgIpc) is 3.10. The summed E-state index contributed by atoms with van der Waals surface area (Å²) in [6.45, 7) is 6.06. The molecular weight excluding hydrogens is 419 g/mol. The molecule has 2 N–H and O–H groups in total. The minimum absolute atomic E-state index is 0.109. The van der Waals surface area contributed by atoms with Gasteiger partial charge in [0.25, 0.3) is 0 Å². The van der Waals surface area contributed by atoms with E-state index in [0.717, 1.165) is 18.8 Å². The van der Waals surface area contributed by atoms with E-state index in [-0.39, 0.29) is 11.1 Å². The number of phenolic OH excluding ortho intramolecular Hbond substituents is 1. The number of aromatic nitrogens is 4. The highest BCUT2D eigenvalue weighted by Crippen LogP contribution is 2.38. The lowest BCUT2D eigenvalue weighted by Gasteiger charge is -2.37. The number of halogens is 2. The number of piperazine rings is 1. The standard InChI is InChI=1S/C22H22ClFN6O/c1-11-8-30(9-12(2)26-11)14-5-15-17(23)6-18(27-22(15)25-7-14)16-4-13-10-29(3)28-20(13)19(24)21(16)31/h4-7,10-12,26,31H,8-9H2,1-3H3/t11-,12+. The molecule has 0 bridgehead atoms. The van der Waals surface area contributed by atoms with E-state index in [4.69, 9.17) is 11.6 Å². The van der Waals surface area contributed by atoms with Gasteiger partial charge in [0.15, 0.2) is 17.2 Å². The number of benzene rings is 1. The summed E-state index contributed by atoms with van der Waals surface area (Å²) in [5.41, 5.74) is 2.13. The van der Waals surface area contributed by atoms with Crippen LogP contribution in [0.5, 0.6) is 5.75 Å². The van der Waals surface area contributed by atoms with Gasteiger partial charge in [-0.1, -0.05) is 11.6 Å². The Bertz CT molecular complexity index is 1310. The van der Waals surface area contributed by atoms with Crippen LogP contribution in [0.4, 0.5) is 10.1 Å². The van der Waals surface area contributed by atoms with Crippen molar-refractivity contribution in [2.45, 2.75) is 25.9 Å². The molecule has 31 heavy (non-hydrogen) atoms. The largest absolute Gasteiger partial charge is 0.504 e. The van der Waals surface area contributed by atoms with E-state index in [1.807, 2.05) is 6.07 Å². The zero-order chi connectivity index (χ0) is 21.9. The summed E-state index contributed by atoms with van der Waals surface area (Å²) in [4.78, 5) is 11.4. The van der Waals surface area contributed by atoms with E-state index in [0.29, 0.717) is 39.2 Å². The van der Waals surface area contributed by atoms with Crippen molar-refractivity contribution in [1.82, 2.24) is 25.1 Å². The number of anilines is 1. The molecule has 3 aromatic heterocycles. The Balaban J connectivity index is 1.59. The molecule has 1 aliphatic heterocycles. The Hall–Kier alpha value is -2.97. The molecule has 4 aromatic rings. The van der Waals surface area contributed by atoms with Gasteiger partial charge in [0.2, 0.25) is 0 Å². The normalized spacial score (nSPS) is 19.5. The van der Waals surface area contributed by atoms with Crippen LogP contribution in [0.1, 0.15) is 13.8 Å². The second kappa shape index (κ2) is 7.32. The molecule has 9 heteroatoms. The molecule has 2 atom stereocenters. The molecule has 7 nitrogen and oxygen atoms in total. The lowest BCUT2D eigenvalue weighted by atomic mass is 10.1. The fraction of sp³-hybridized carbons (Fsp3) is 0.318. The van der Waals surface area contributed by atoms with Crippen LogP contribution >= 0.6 is 11.6 Å². The first-order chi connectivity index (χ1) is 14.8. The van der Waals surface area contributed by atoms with E-state index < -0.39 is 11.6 Å². The predicted molar refractivity (Wildman–Crippen MR) is 120 cm³/mol. The molecule has 4 heterocycles. The number of fused-ring (bicyclic) bond motifs is 2. The first-order valence-electron chi connectivity index (χ1n) is 10.1. The molecule has 5 rings (SSSR count). The Morgan fingerprint density at radius 3 is 2.68 bits per heavy atom. The highest BCUT2D eigenvalue weighted by atomic mass is 35.5. The number of hydrogen-bond acceptors (Lipinski definition) is 6. The van der Waals surface area contributed by atoms with Crippen LogP contribution < -0.4 is 10.2 Å². The molecule has 0 aliphatic carbocycles. The van der Waals surface area contributed by atoms with Gasteiger partial charge >= 0.3 is 0 Å². The molecule has 0 saturated carbocycles. The van der Waals surface area contributed by atoms with Gasteiger partial charge in [-0.05, 0) is 32.0 Å². The Morgan fingerprint density at radius 2 is 1.94 bits per heavy atom. The smallest absolute Gasteiger partial charge is 0.193 e. The van der Waals surface area contributed by atoms with Crippen LogP contribution in [-0.2, 0) is 7.05 Å². The van der Waals surface area contributed by atoms with Crippen molar-refractivity contribution in [2.24, 2.45) is 7.05 Å². The molecule has 0 amide bonds. The molecule has 1 aromatic carbocycles. The van der Waals surface area contributed by atoms with Crippen molar-refractivity contribution in [2.75, 3.05) is 18.0 Å². The number of aromatic hydroxyl groups is 1. The van der Waals surface area contributed by atoms with Gasteiger partial charge in [0.05, 0.1) is 22.6 Å². The van der Waals surface area contributed by atoms with Gasteiger partial charge in [0.1, 0.15) is 5.52 Å². The Morgan fingerprint density at radius 1 is 1.19 bits per heavy atom. The minimum atomic E-state index is -0.781. The number of nitrogens with zero attached hydrogens (tertiary/aromatic N) is 5. The molecule has 1 aliphatic rings. The maximum Gasteiger partial charge on any atom is 0.193 e. The third-order valence-corrected chi connectivity index (χ3v) is 5.94. The highest BCUT2D eigenvalue weighted by Gasteiger charge is 2.23. The van der Waals surface area contributed by atoms with Crippen molar-refractivity contribution >= 4 is 39.2 Å². The zero-order valence-electron chi connectivity index (χ0n) is 17.4. The summed E-state index contributed by atoms with van der Waals surface area (Å²) in [6, 6.07) is 6.01. The van der Waals surface area contributed by atoms with Crippen LogP contribution in [0.3, 0.4) is 0 Å². The second-order valence-electron chi connectivity index (χ2n) is 8.26. The third kappa shape index (κ3) is 3.45. The van der Waals surface area contributed by atoms with Crippen LogP contribution in [0.15, 0.2) is 30.6 Å². The summed E-state index contributed by atoms with van der Waals surface area (Å²) < 4.78 is 16.2. The number of hydrogen-bond donors (Lipinski definition) is 2. The van der Waals surface area contributed by atoms with Crippen molar-refractivity contribution in [1.29, 1.82) is 0 Å². The molecule has 0 unspecified atom stereocenters. The van der Waals surface area contributed by atoms with Crippen molar-refractivity contribution in [3.63, 3.8) is 0 Å². The van der Waals surface area contributed by atoms with Gasteiger partial charge in [-0.2, -0.15) is 5.10 Å². The molecular formula is C22H22ClFN6O. The van der Waals surface area contributed by atoms with E-state index in [1.54, 1.807) is 31.6 Å². The lowest BCUT2D eigenvalue weighted by Crippen LogP contribution is -2.54. The summed E-state index contributed by atoms with van der Waals surface area (Å²) >= 11 is 6.59. The summed E-state index contributed by atoms with van der Waals surface area (Å²) in [7, 11) is 1.70. The summed E-state index contributed by atoms with van der Waals surface area (Å²) in [5.74, 6) is -1.29. The maximum atomic E-state index is 14.7. The van der Waals surface area contributed by atoms with Crippen molar-refractivity contribution < 1.29 is 9.50 Å².